The van der Waals surface area contributed by atoms with E-state index in [-0.39, 0.29) is 31.4 Å². The van der Waals surface area contributed by atoms with Crippen LogP contribution < -0.4 is 28.5 Å². The Morgan fingerprint density at radius 3 is 2.44 bits per heavy atom. The van der Waals surface area contributed by atoms with Gasteiger partial charge >= 0.3 is 18.9 Å². The first-order chi connectivity index (χ1) is 8.14. The summed E-state index contributed by atoms with van der Waals surface area (Å²) in [6, 6.07) is 9.04. The molecule has 1 aromatic carbocycles. The molecule has 1 atom stereocenters. The van der Waals surface area contributed by atoms with Crippen molar-refractivity contribution in [2.24, 2.45) is 0 Å². The molecule has 0 N–H and O–H groups in total. The molecular formula is C13H20LiO3P. The molecule has 1 unspecified atom stereocenters. The average Bonchev–Trinajstić information content (AvgIpc) is 2.34. The summed E-state index contributed by atoms with van der Waals surface area (Å²) in [4.78, 5) is 11.7. The number of hydrogen-bond donors (Lipinski definition) is 0. The van der Waals surface area contributed by atoms with Crippen LogP contribution in [0.4, 0.5) is 0 Å². The van der Waals surface area contributed by atoms with Gasteiger partial charge in [0, 0.05) is 0 Å². The van der Waals surface area contributed by atoms with Gasteiger partial charge in [0.2, 0.25) is 0 Å². The molecule has 0 saturated carbocycles. The summed E-state index contributed by atoms with van der Waals surface area (Å²) in [6.45, 7) is 2.11. The molecule has 3 nitrogen and oxygen atoms in total. The molecule has 18 heavy (non-hydrogen) atoms. The van der Waals surface area contributed by atoms with E-state index < -0.39 is 7.37 Å². The van der Waals surface area contributed by atoms with Crippen molar-refractivity contribution in [1.29, 1.82) is 0 Å². The Balaban J connectivity index is 0.00000289. The maximum atomic E-state index is 11.7. The van der Waals surface area contributed by atoms with Gasteiger partial charge in [0.05, 0.1) is 7.37 Å². The Labute approximate surface area is 122 Å². The van der Waals surface area contributed by atoms with Crippen LogP contribution in [0.1, 0.15) is 32.6 Å². The molecule has 0 saturated heterocycles. The predicted octanol–water partition coefficient (Wildman–Crippen LogP) is 0.246. The van der Waals surface area contributed by atoms with E-state index in [1.54, 1.807) is 12.1 Å². The summed E-state index contributed by atoms with van der Waals surface area (Å²) in [6.07, 6.45) is 3.99. The maximum absolute atomic E-state index is 11.7. The smallest absolute Gasteiger partial charge is 0.797 e. The monoisotopic (exact) mass is 262 g/mol. The summed E-state index contributed by atoms with van der Waals surface area (Å²) < 4.78 is 16.9. The fourth-order valence-corrected chi connectivity index (χ4v) is 2.71. The minimum absolute atomic E-state index is 0. The van der Waals surface area contributed by atoms with Crippen molar-refractivity contribution in [2.75, 3.05) is 12.5 Å². The number of hydrogen-bond acceptors (Lipinski definition) is 3. The summed E-state index contributed by atoms with van der Waals surface area (Å²) in [7, 11) is -3.37. The Hall–Kier alpha value is -0.193. The minimum Gasteiger partial charge on any atom is -0.797 e. The van der Waals surface area contributed by atoms with Crippen LogP contribution in [0, 0.1) is 0 Å². The quantitative estimate of drug-likeness (QED) is 0.383. The molecule has 0 bridgehead atoms. The van der Waals surface area contributed by atoms with Crippen molar-refractivity contribution < 1.29 is 33.1 Å². The van der Waals surface area contributed by atoms with Crippen LogP contribution in [0.25, 0.3) is 0 Å². The predicted molar refractivity (Wildman–Crippen MR) is 68.6 cm³/mol. The van der Waals surface area contributed by atoms with Gasteiger partial charge < -0.3 is 14.2 Å². The third-order valence-electron chi connectivity index (χ3n) is 2.52. The molecule has 0 aliphatic rings. The van der Waals surface area contributed by atoms with Gasteiger partial charge in [-0.3, -0.25) is 0 Å². The SMILES string of the molecule is CCCCCCP(=O)([O-])COc1ccccc1.[Li+]. The van der Waals surface area contributed by atoms with E-state index in [9.17, 15) is 9.46 Å². The Kier molecular flexibility index (Phi) is 9.60. The normalized spacial score (nSPS) is 13.4. The van der Waals surface area contributed by atoms with Gasteiger partial charge in [-0.05, 0) is 24.7 Å². The van der Waals surface area contributed by atoms with Crippen LogP contribution in [0.3, 0.4) is 0 Å². The van der Waals surface area contributed by atoms with Gasteiger partial charge in [-0.25, -0.2) is 0 Å². The Morgan fingerprint density at radius 1 is 1.17 bits per heavy atom. The van der Waals surface area contributed by atoms with Crippen molar-refractivity contribution in [1.82, 2.24) is 0 Å². The van der Waals surface area contributed by atoms with E-state index in [0.717, 1.165) is 25.7 Å². The first-order valence-electron chi connectivity index (χ1n) is 6.11. The zero-order chi connectivity index (χ0) is 12.6. The second-order valence-corrected chi connectivity index (χ2v) is 6.52. The number of rotatable bonds is 8. The molecule has 0 spiro atoms. The van der Waals surface area contributed by atoms with Gasteiger partial charge in [0.25, 0.3) is 0 Å². The van der Waals surface area contributed by atoms with Gasteiger partial charge in [0.1, 0.15) is 12.1 Å². The molecule has 0 radical (unpaired) electrons. The summed E-state index contributed by atoms with van der Waals surface area (Å²) >= 11 is 0. The van der Waals surface area contributed by atoms with Gasteiger partial charge in [0.15, 0.2) is 0 Å². The Bertz CT molecular complexity index is 357. The molecule has 0 amide bonds. The van der Waals surface area contributed by atoms with Crippen molar-refractivity contribution >= 4 is 7.37 Å². The average molecular weight is 262 g/mol. The summed E-state index contributed by atoms with van der Waals surface area (Å²) in [5, 5.41) is 0. The molecule has 0 aliphatic carbocycles. The zero-order valence-electron chi connectivity index (χ0n) is 11.3. The van der Waals surface area contributed by atoms with Crippen LogP contribution in [-0.4, -0.2) is 12.5 Å². The summed E-state index contributed by atoms with van der Waals surface area (Å²) in [5.41, 5.74) is 0. The van der Waals surface area contributed by atoms with Crippen molar-refractivity contribution in [3.63, 3.8) is 0 Å². The van der Waals surface area contributed by atoms with Crippen LogP contribution in [0.5, 0.6) is 5.75 Å². The number of ether oxygens (including phenoxy) is 1. The van der Waals surface area contributed by atoms with Gasteiger partial charge in [-0.1, -0.05) is 44.4 Å². The fraction of sp³-hybridized carbons (Fsp3) is 0.538. The number of para-hydroxylation sites is 1. The second-order valence-electron chi connectivity index (χ2n) is 4.19. The number of unbranched alkanes of at least 4 members (excludes halogenated alkanes) is 3. The third-order valence-corrected chi connectivity index (χ3v) is 4.04. The fourth-order valence-electron chi connectivity index (χ4n) is 1.53. The molecule has 1 rings (SSSR count). The van der Waals surface area contributed by atoms with E-state index in [4.69, 9.17) is 4.74 Å². The van der Waals surface area contributed by atoms with Gasteiger partial charge in [-0.15, -0.1) is 0 Å². The zero-order valence-corrected chi connectivity index (χ0v) is 12.2. The van der Waals surface area contributed by atoms with E-state index in [0.29, 0.717) is 5.75 Å². The molecule has 0 fully saturated rings. The molecule has 0 heterocycles. The summed E-state index contributed by atoms with van der Waals surface area (Å²) in [5.74, 6) is 0.608. The molecule has 0 aliphatic heterocycles. The van der Waals surface area contributed by atoms with E-state index >= 15 is 0 Å². The van der Waals surface area contributed by atoms with E-state index in [1.165, 1.54) is 0 Å². The molecule has 96 valence electrons. The van der Waals surface area contributed by atoms with Crippen molar-refractivity contribution in [3.8, 4) is 5.75 Å². The van der Waals surface area contributed by atoms with Crippen LogP contribution in [0.15, 0.2) is 30.3 Å². The van der Waals surface area contributed by atoms with Crippen molar-refractivity contribution in [3.05, 3.63) is 30.3 Å². The van der Waals surface area contributed by atoms with Crippen LogP contribution in [0.2, 0.25) is 0 Å². The molecule has 1 aromatic rings. The molecular weight excluding hydrogens is 242 g/mol. The number of benzene rings is 1. The van der Waals surface area contributed by atoms with Crippen LogP contribution in [-0.2, 0) is 4.57 Å². The molecule has 5 heteroatoms. The van der Waals surface area contributed by atoms with E-state index in [1.807, 2.05) is 18.2 Å². The first-order valence-corrected chi connectivity index (χ1v) is 8.10. The maximum Gasteiger partial charge on any atom is 1.00 e. The standard InChI is InChI=1S/C13H21O3P.Li/c1-2-3-4-8-11-17(14,15)12-16-13-9-6-5-7-10-13;/h5-7,9-10H,2-4,8,11-12H2,1H3,(H,14,15);/q;+1/p-1. The van der Waals surface area contributed by atoms with Gasteiger partial charge in [-0.2, -0.15) is 0 Å². The van der Waals surface area contributed by atoms with E-state index in [2.05, 4.69) is 6.92 Å². The second kappa shape index (κ2) is 9.70. The van der Waals surface area contributed by atoms with Crippen LogP contribution >= 0.6 is 7.37 Å². The first kappa shape index (κ1) is 17.8. The largest absolute Gasteiger partial charge is 1.00 e. The topological polar surface area (TPSA) is 49.4 Å². The molecule has 0 aromatic heterocycles. The Morgan fingerprint density at radius 2 is 1.83 bits per heavy atom. The van der Waals surface area contributed by atoms with Crippen molar-refractivity contribution in [2.45, 2.75) is 32.6 Å². The third kappa shape index (κ3) is 8.01. The minimum atomic E-state index is -3.37.